The molecule has 2 aromatic rings. The van der Waals surface area contributed by atoms with Crippen molar-refractivity contribution in [3.8, 4) is 0 Å². The molecule has 1 saturated carbocycles. The molecule has 1 aliphatic carbocycles. The Morgan fingerprint density at radius 1 is 1.31 bits per heavy atom. The average Bonchev–Trinajstić information content (AvgIpc) is 3.32. The largest absolute Gasteiger partial charge is 0.349 e. The fourth-order valence-electron chi connectivity index (χ4n) is 2.79. The van der Waals surface area contributed by atoms with E-state index in [1.54, 1.807) is 23.7 Å². The number of carbonyl (C=O) groups is 1. The van der Waals surface area contributed by atoms with Crippen LogP contribution in [0.4, 0.5) is 0 Å². The van der Waals surface area contributed by atoms with Crippen LogP contribution in [0, 0.1) is 13.8 Å². The molecule has 2 N–H and O–H groups in total. The van der Waals surface area contributed by atoms with Crippen LogP contribution in [0.2, 0.25) is 0 Å². The number of amides is 1. The summed E-state index contributed by atoms with van der Waals surface area (Å²) < 4.78 is 29.8. The van der Waals surface area contributed by atoms with Crippen molar-refractivity contribution in [2.45, 2.75) is 57.1 Å². The van der Waals surface area contributed by atoms with Gasteiger partial charge in [-0.1, -0.05) is 6.07 Å². The van der Waals surface area contributed by atoms with Crippen LogP contribution >= 0.6 is 0 Å². The number of benzene rings is 1. The first-order valence-corrected chi connectivity index (χ1v) is 10.2. The topological polar surface area (TPSA) is 93.1 Å². The zero-order chi connectivity index (χ0) is 18.9. The second-order valence-corrected chi connectivity index (χ2v) is 8.62. The highest BCUT2D eigenvalue weighted by Gasteiger charge is 2.25. The van der Waals surface area contributed by atoms with Gasteiger partial charge in [0.15, 0.2) is 0 Å². The number of aryl methyl sites for hydroxylation is 2. The zero-order valence-corrected chi connectivity index (χ0v) is 16.0. The molecule has 0 saturated heterocycles. The molecule has 26 heavy (non-hydrogen) atoms. The Morgan fingerprint density at radius 3 is 2.65 bits per heavy atom. The van der Waals surface area contributed by atoms with E-state index in [2.05, 4.69) is 15.1 Å². The minimum absolute atomic E-state index is 0.0844. The molecule has 0 radical (unpaired) electrons. The number of carbonyl (C=O) groups excluding carboxylic acids is 1. The molecule has 140 valence electrons. The molecule has 0 spiro atoms. The van der Waals surface area contributed by atoms with Gasteiger partial charge in [0.1, 0.15) is 0 Å². The monoisotopic (exact) mass is 376 g/mol. The van der Waals surface area contributed by atoms with Gasteiger partial charge in [-0.3, -0.25) is 9.48 Å². The summed E-state index contributed by atoms with van der Waals surface area (Å²) >= 11 is 0. The highest BCUT2D eigenvalue weighted by molar-refractivity contribution is 7.89. The van der Waals surface area contributed by atoms with E-state index in [-0.39, 0.29) is 22.9 Å². The molecule has 1 amide bonds. The Kier molecular flexibility index (Phi) is 5.15. The molecule has 1 aromatic heterocycles. The van der Waals surface area contributed by atoms with E-state index < -0.39 is 10.0 Å². The third-order valence-electron chi connectivity index (χ3n) is 4.23. The molecule has 1 heterocycles. The van der Waals surface area contributed by atoms with Crippen LogP contribution < -0.4 is 10.0 Å². The Bertz CT molecular complexity index is 916. The summed E-state index contributed by atoms with van der Waals surface area (Å²) in [4.78, 5) is 12.2. The van der Waals surface area contributed by atoms with E-state index in [0.29, 0.717) is 12.1 Å². The van der Waals surface area contributed by atoms with Gasteiger partial charge < -0.3 is 5.32 Å². The molecule has 0 aliphatic heterocycles. The Morgan fingerprint density at radius 2 is 2.04 bits per heavy atom. The molecular formula is C18H24N4O3S. The van der Waals surface area contributed by atoms with Crippen molar-refractivity contribution in [3.05, 3.63) is 47.3 Å². The van der Waals surface area contributed by atoms with E-state index in [1.807, 2.05) is 19.9 Å². The van der Waals surface area contributed by atoms with Crippen molar-refractivity contribution in [2.75, 3.05) is 0 Å². The summed E-state index contributed by atoms with van der Waals surface area (Å²) in [5, 5.41) is 7.22. The van der Waals surface area contributed by atoms with Crippen molar-refractivity contribution >= 4 is 15.9 Å². The Labute approximate surface area is 153 Å². The summed E-state index contributed by atoms with van der Waals surface area (Å²) in [5.41, 5.74) is 2.23. The van der Waals surface area contributed by atoms with Gasteiger partial charge in [-0.25, -0.2) is 13.1 Å². The standard InChI is InChI=1S/C18H24N4O3S/c1-12-9-14(3)22(20-12)11-13(2)21-26(24,25)17-6-4-5-15(10-17)18(23)19-16-7-8-16/h4-6,9-10,13,16,21H,7-8,11H2,1-3H3,(H,19,23). The molecule has 1 fully saturated rings. The fourth-order valence-corrected chi connectivity index (χ4v) is 4.07. The summed E-state index contributed by atoms with van der Waals surface area (Å²) in [6.45, 7) is 6.05. The number of hydrogen-bond donors (Lipinski definition) is 2. The lowest BCUT2D eigenvalue weighted by atomic mass is 10.2. The third-order valence-corrected chi connectivity index (χ3v) is 5.81. The molecule has 1 aromatic carbocycles. The quantitative estimate of drug-likeness (QED) is 0.770. The summed E-state index contributed by atoms with van der Waals surface area (Å²) in [6, 6.07) is 7.94. The summed E-state index contributed by atoms with van der Waals surface area (Å²) in [7, 11) is -3.73. The van der Waals surface area contributed by atoms with Gasteiger partial charge >= 0.3 is 0 Å². The first-order valence-electron chi connectivity index (χ1n) is 8.69. The maximum atomic E-state index is 12.7. The van der Waals surface area contributed by atoms with Crippen LogP contribution in [0.5, 0.6) is 0 Å². The van der Waals surface area contributed by atoms with Crippen LogP contribution in [0.3, 0.4) is 0 Å². The average molecular weight is 376 g/mol. The van der Waals surface area contributed by atoms with E-state index in [9.17, 15) is 13.2 Å². The highest BCUT2D eigenvalue weighted by atomic mass is 32.2. The Hall–Kier alpha value is -2.19. The second-order valence-electron chi connectivity index (χ2n) is 6.91. The van der Waals surface area contributed by atoms with Crippen LogP contribution in [0.25, 0.3) is 0 Å². The van der Waals surface area contributed by atoms with Crippen LogP contribution in [0.1, 0.15) is 41.5 Å². The molecule has 7 nitrogen and oxygen atoms in total. The van der Waals surface area contributed by atoms with Crippen LogP contribution in [0.15, 0.2) is 35.2 Å². The zero-order valence-electron chi connectivity index (χ0n) is 15.2. The summed E-state index contributed by atoms with van der Waals surface area (Å²) in [5.74, 6) is -0.236. The predicted octanol–water partition coefficient (Wildman–Crippen LogP) is 1.76. The predicted molar refractivity (Wildman–Crippen MR) is 98.4 cm³/mol. The molecule has 1 unspecified atom stereocenters. The van der Waals surface area contributed by atoms with Crippen molar-refractivity contribution in [1.29, 1.82) is 0 Å². The van der Waals surface area contributed by atoms with Gasteiger partial charge in [-0.2, -0.15) is 5.10 Å². The minimum Gasteiger partial charge on any atom is -0.349 e. The second kappa shape index (κ2) is 7.20. The highest BCUT2D eigenvalue weighted by Crippen LogP contribution is 2.20. The number of sulfonamides is 1. The van der Waals surface area contributed by atoms with Gasteiger partial charge in [0.2, 0.25) is 10.0 Å². The number of nitrogens with one attached hydrogen (secondary N) is 2. The SMILES string of the molecule is Cc1cc(C)n(CC(C)NS(=O)(=O)c2cccc(C(=O)NC3CC3)c2)n1. The summed E-state index contributed by atoms with van der Waals surface area (Å²) in [6.07, 6.45) is 1.96. The van der Waals surface area contributed by atoms with E-state index in [4.69, 9.17) is 0 Å². The molecule has 1 atom stereocenters. The number of nitrogens with zero attached hydrogens (tertiary/aromatic N) is 2. The lowest BCUT2D eigenvalue weighted by Crippen LogP contribution is -2.36. The van der Waals surface area contributed by atoms with Gasteiger partial charge in [-0.05, 0) is 57.9 Å². The Balaban J connectivity index is 1.70. The fraction of sp³-hybridized carbons (Fsp3) is 0.444. The first kappa shape index (κ1) is 18.6. The molecular weight excluding hydrogens is 352 g/mol. The van der Waals surface area contributed by atoms with Crippen molar-refractivity contribution in [3.63, 3.8) is 0 Å². The number of rotatable bonds is 7. The van der Waals surface area contributed by atoms with Crippen molar-refractivity contribution in [1.82, 2.24) is 19.8 Å². The third kappa shape index (κ3) is 4.50. The minimum atomic E-state index is -3.73. The van der Waals surface area contributed by atoms with E-state index >= 15 is 0 Å². The first-order chi connectivity index (χ1) is 12.2. The van der Waals surface area contributed by atoms with Gasteiger partial charge in [0.25, 0.3) is 5.91 Å². The van der Waals surface area contributed by atoms with E-state index in [0.717, 1.165) is 24.2 Å². The van der Waals surface area contributed by atoms with E-state index in [1.165, 1.54) is 12.1 Å². The number of hydrogen-bond acceptors (Lipinski definition) is 4. The molecule has 8 heteroatoms. The van der Waals surface area contributed by atoms with Crippen LogP contribution in [-0.2, 0) is 16.6 Å². The maximum absolute atomic E-state index is 12.7. The van der Waals surface area contributed by atoms with Gasteiger partial charge in [0, 0.05) is 23.3 Å². The van der Waals surface area contributed by atoms with Crippen LogP contribution in [-0.4, -0.2) is 36.2 Å². The normalized spacial score (nSPS) is 15.7. The molecule has 1 aliphatic rings. The lowest BCUT2D eigenvalue weighted by molar-refractivity contribution is 0.0951. The smallest absolute Gasteiger partial charge is 0.251 e. The number of aromatic nitrogens is 2. The van der Waals surface area contributed by atoms with Crippen molar-refractivity contribution < 1.29 is 13.2 Å². The van der Waals surface area contributed by atoms with Gasteiger partial charge in [-0.15, -0.1) is 0 Å². The molecule has 3 rings (SSSR count). The maximum Gasteiger partial charge on any atom is 0.251 e. The van der Waals surface area contributed by atoms with Crippen molar-refractivity contribution in [2.24, 2.45) is 0 Å². The lowest BCUT2D eigenvalue weighted by Gasteiger charge is -2.16. The molecule has 0 bridgehead atoms. The van der Waals surface area contributed by atoms with Gasteiger partial charge in [0.05, 0.1) is 17.1 Å².